The molecule has 7 nitrogen and oxygen atoms in total. The standard InChI is InChI=1S/C22H21ClN4O3S/c23-19-5-4-8-21(15-19)31(29,30)26-13-11-25(12-14-26)22(28)10-9-18-16-24-27(17-18)20-6-2-1-3-7-20/h1-10,15-17H,11-14H2/b10-9+. The third-order valence-electron chi connectivity index (χ3n) is 5.03. The van der Waals surface area contributed by atoms with E-state index >= 15 is 0 Å². The SMILES string of the molecule is O=C(/C=C/c1cnn(-c2ccccc2)c1)N1CCN(S(=O)(=O)c2cccc(Cl)c2)CC1. The van der Waals surface area contributed by atoms with Crippen molar-refractivity contribution in [2.75, 3.05) is 26.2 Å². The Morgan fingerprint density at radius 1 is 1.00 bits per heavy atom. The lowest BCUT2D eigenvalue weighted by molar-refractivity contribution is -0.127. The monoisotopic (exact) mass is 456 g/mol. The number of para-hydroxylation sites is 1. The number of aromatic nitrogens is 2. The van der Waals surface area contributed by atoms with E-state index in [2.05, 4.69) is 5.10 Å². The molecule has 160 valence electrons. The first-order valence-corrected chi connectivity index (χ1v) is 11.6. The van der Waals surface area contributed by atoms with Crippen LogP contribution in [0, 0.1) is 0 Å². The van der Waals surface area contributed by atoms with Gasteiger partial charge in [-0.15, -0.1) is 0 Å². The number of piperazine rings is 1. The summed E-state index contributed by atoms with van der Waals surface area (Å²) in [5.41, 5.74) is 1.74. The maximum atomic E-state index is 12.8. The van der Waals surface area contributed by atoms with Gasteiger partial charge < -0.3 is 4.90 Å². The summed E-state index contributed by atoms with van der Waals surface area (Å²) in [6.07, 6.45) is 6.73. The first kappa shape index (κ1) is 21.3. The van der Waals surface area contributed by atoms with Gasteiger partial charge in [0.05, 0.1) is 16.8 Å². The Kier molecular flexibility index (Phi) is 6.22. The largest absolute Gasteiger partial charge is 0.337 e. The average molecular weight is 457 g/mol. The number of carbonyl (C=O) groups excluding carboxylic acids is 1. The van der Waals surface area contributed by atoms with Crippen LogP contribution >= 0.6 is 11.6 Å². The van der Waals surface area contributed by atoms with Crippen LogP contribution in [0.25, 0.3) is 11.8 Å². The van der Waals surface area contributed by atoms with Gasteiger partial charge >= 0.3 is 0 Å². The van der Waals surface area contributed by atoms with Crippen LogP contribution in [0.2, 0.25) is 5.02 Å². The highest BCUT2D eigenvalue weighted by Gasteiger charge is 2.29. The van der Waals surface area contributed by atoms with Gasteiger partial charge in [0.1, 0.15) is 0 Å². The summed E-state index contributed by atoms with van der Waals surface area (Å²) in [7, 11) is -3.63. The molecule has 3 aromatic rings. The summed E-state index contributed by atoms with van der Waals surface area (Å²) in [6, 6.07) is 15.9. The van der Waals surface area contributed by atoms with E-state index in [1.165, 1.54) is 22.5 Å². The van der Waals surface area contributed by atoms with Crippen LogP contribution in [-0.4, -0.2) is 59.5 Å². The Bertz CT molecular complexity index is 1200. The lowest BCUT2D eigenvalue weighted by Gasteiger charge is -2.33. The third kappa shape index (κ3) is 4.87. The molecule has 0 radical (unpaired) electrons. The molecule has 0 unspecified atom stereocenters. The zero-order valence-electron chi connectivity index (χ0n) is 16.6. The van der Waals surface area contributed by atoms with Crippen LogP contribution in [0.4, 0.5) is 0 Å². The maximum absolute atomic E-state index is 12.8. The van der Waals surface area contributed by atoms with Crippen LogP contribution < -0.4 is 0 Å². The smallest absolute Gasteiger partial charge is 0.246 e. The molecule has 1 aliphatic rings. The Morgan fingerprint density at radius 2 is 1.74 bits per heavy atom. The maximum Gasteiger partial charge on any atom is 0.246 e. The molecule has 31 heavy (non-hydrogen) atoms. The second-order valence-corrected chi connectivity index (χ2v) is 9.45. The van der Waals surface area contributed by atoms with Crippen molar-refractivity contribution in [1.82, 2.24) is 19.0 Å². The zero-order valence-corrected chi connectivity index (χ0v) is 18.2. The molecule has 1 saturated heterocycles. The number of sulfonamides is 1. The van der Waals surface area contributed by atoms with Gasteiger partial charge in [0.2, 0.25) is 15.9 Å². The Hall–Kier alpha value is -2.94. The number of carbonyl (C=O) groups is 1. The molecule has 9 heteroatoms. The van der Waals surface area contributed by atoms with Gasteiger partial charge in [0.25, 0.3) is 0 Å². The molecule has 0 N–H and O–H groups in total. The molecule has 1 aliphatic heterocycles. The fourth-order valence-corrected chi connectivity index (χ4v) is 5.07. The van der Waals surface area contributed by atoms with E-state index in [0.717, 1.165) is 11.3 Å². The van der Waals surface area contributed by atoms with Crippen molar-refractivity contribution in [3.8, 4) is 5.69 Å². The predicted molar refractivity (Wildman–Crippen MR) is 119 cm³/mol. The van der Waals surface area contributed by atoms with Gasteiger partial charge in [0.15, 0.2) is 0 Å². The summed E-state index contributed by atoms with van der Waals surface area (Å²) in [6.45, 7) is 1.12. The average Bonchev–Trinajstić information content (AvgIpc) is 3.27. The van der Waals surface area contributed by atoms with Crippen LogP contribution in [0.3, 0.4) is 0 Å². The van der Waals surface area contributed by atoms with Crippen molar-refractivity contribution < 1.29 is 13.2 Å². The van der Waals surface area contributed by atoms with Crippen molar-refractivity contribution in [2.45, 2.75) is 4.90 Å². The summed E-state index contributed by atoms with van der Waals surface area (Å²) < 4.78 is 28.7. The Balaban J connectivity index is 1.36. The second kappa shape index (κ2) is 9.05. The molecule has 0 aliphatic carbocycles. The Morgan fingerprint density at radius 3 is 2.45 bits per heavy atom. The number of amides is 1. The highest BCUT2D eigenvalue weighted by atomic mass is 35.5. The van der Waals surface area contributed by atoms with Crippen LogP contribution in [0.15, 0.2) is 78.0 Å². The predicted octanol–water partition coefficient (Wildman–Crippen LogP) is 3.07. The number of halogens is 1. The van der Waals surface area contributed by atoms with E-state index in [1.807, 2.05) is 36.5 Å². The van der Waals surface area contributed by atoms with Crippen molar-refractivity contribution in [1.29, 1.82) is 0 Å². The molecule has 0 spiro atoms. The molecule has 1 fully saturated rings. The minimum Gasteiger partial charge on any atom is -0.337 e. The molecular formula is C22H21ClN4O3S. The summed E-state index contributed by atoms with van der Waals surface area (Å²) in [4.78, 5) is 14.3. The van der Waals surface area contributed by atoms with E-state index < -0.39 is 10.0 Å². The topological polar surface area (TPSA) is 75.5 Å². The number of hydrogen-bond acceptors (Lipinski definition) is 4. The molecular weight excluding hydrogens is 436 g/mol. The van der Waals surface area contributed by atoms with Crippen molar-refractivity contribution in [2.24, 2.45) is 0 Å². The lowest BCUT2D eigenvalue weighted by atomic mass is 10.3. The van der Waals surface area contributed by atoms with Gasteiger partial charge in [-0.3, -0.25) is 4.79 Å². The first-order chi connectivity index (χ1) is 14.9. The minimum atomic E-state index is -3.63. The third-order valence-corrected chi connectivity index (χ3v) is 7.16. The van der Waals surface area contributed by atoms with Crippen molar-refractivity contribution >= 4 is 33.6 Å². The molecule has 1 aromatic heterocycles. The highest BCUT2D eigenvalue weighted by molar-refractivity contribution is 7.89. The normalized spacial score (nSPS) is 15.5. The van der Waals surface area contributed by atoms with Gasteiger partial charge in [0, 0.05) is 49.0 Å². The molecule has 0 bridgehead atoms. The van der Waals surface area contributed by atoms with E-state index in [4.69, 9.17) is 11.6 Å². The summed E-state index contributed by atoms with van der Waals surface area (Å²) in [5.74, 6) is -0.160. The fourth-order valence-electron chi connectivity index (χ4n) is 3.34. The fraction of sp³-hybridized carbons (Fsp3) is 0.182. The molecule has 2 heterocycles. The van der Waals surface area contributed by atoms with Gasteiger partial charge in [-0.1, -0.05) is 35.9 Å². The Labute approximate surface area is 186 Å². The van der Waals surface area contributed by atoms with E-state index in [-0.39, 0.29) is 23.9 Å². The van der Waals surface area contributed by atoms with Crippen molar-refractivity contribution in [3.63, 3.8) is 0 Å². The number of nitrogens with zero attached hydrogens (tertiary/aromatic N) is 4. The van der Waals surface area contributed by atoms with E-state index in [1.54, 1.807) is 34.0 Å². The molecule has 4 rings (SSSR count). The lowest BCUT2D eigenvalue weighted by Crippen LogP contribution is -2.50. The minimum absolute atomic E-state index is 0.160. The molecule has 0 saturated carbocycles. The van der Waals surface area contributed by atoms with Crippen LogP contribution in [-0.2, 0) is 14.8 Å². The van der Waals surface area contributed by atoms with Gasteiger partial charge in [-0.25, -0.2) is 13.1 Å². The molecule has 0 atom stereocenters. The zero-order chi connectivity index (χ0) is 21.8. The summed E-state index contributed by atoms with van der Waals surface area (Å²) >= 11 is 5.93. The van der Waals surface area contributed by atoms with Gasteiger partial charge in [-0.05, 0) is 36.4 Å². The first-order valence-electron chi connectivity index (χ1n) is 9.76. The van der Waals surface area contributed by atoms with E-state index in [0.29, 0.717) is 18.1 Å². The molecule has 1 amide bonds. The summed E-state index contributed by atoms with van der Waals surface area (Å²) in [5, 5.41) is 4.68. The van der Waals surface area contributed by atoms with Crippen LogP contribution in [0.5, 0.6) is 0 Å². The number of hydrogen-bond donors (Lipinski definition) is 0. The number of rotatable bonds is 5. The molecule has 2 aromatic carbocycles. The number of benzene rings is 2. The van der Waals surface area contributed by atoms with Crippen molar-refractivity contribution in [3.05, 3.63) is 83.7 Å². The van der Waals surface area contributed by atoms with E-state index in [9.17, 15) is 13.2 Å². The second-order valence-electron chi connectivity index (χ2n) is 7.07. The van der Waals surface area contributed by atoms with Crippen LogP contribution in [0.1, 0.15) is 5.56 Å². The highest BCUT2D eigenvalue weighted by Crippen LogP contribution is 2.21. The van der Waals surface area contributed by atoms with Gasteiger partial charge in [-0.2, -0.15) is 9.40 Å². The quantitative estimate of drug-likeness (QED) is 0.553.